The molecule has 2 N–H and O–H groups in total. The van der Waals surface area contributed by atoms with Crippen molar-refractivity contribution in [2.24, 2.45) is 5.73 Å². The van der Waals surface area contributed by atoms with Gasteiger partial charge in [-0.05, 0) is 46.9 Å². The van der Waals surface area contributed by atoms with Gasteiger partial charge < -0.3 is 5.73 Å². The van der Waals surface area contributed by atoms with E-state index in [0.29, 0.717) is 0 Å². The van der Waals surface area contributed by atoms with Crippen molar-refractivity contribution in [2.45, 2.75) is 19.4 Å². The molecule has 3 aromatic rings. The molecule has 0 saturated heterocycles. The molecule has 0 aliphatic carbocycles. The van der Waals surface area contributed by atoms with Crippen molar-refractivity contribution in [3.8, 4) is 0 Å². The highest BCUT2D eigenvalue weighted by molar-refractivity contribution is 7.17. The maximum atomic E-state index is 6.41. The molecule has 0 radical (unpaired) electrons. The van der Waals surface area contributed by atoms with Gasteiger partial charge in [0.1, 0.15) is 0 Å². The molecule has 0 fully saturated rings. The van der Waals surface area contributed by atoms with Gasteiger partial charge in [-0.2, -0.15) is 0 Å². The molecule has 0 saturated carbocycles. The van der Waals surface area contributed by atoms with Gasteiger partial charge in [-0.3, -0.25) is 0 Å². The molecule has 3 rings (SSSR count). The second-order valence-electron chi connectivity index (χ2n) is 4.92. The van der Waals surface area contributed by atoms with Crippen LogP contribution in [0.2, 0.25) is 0 Å². The first-order valence-electron chi connectivity index (χ1n) is 6.52. The number of rotatable bonds is 3. The molecule has 2 heteroatoms. The summed E-state index contributed by atoms with van der Waals surface area (Å²) in [6.45, 7) is 2.15. The van der Waals surface area contributed by atoms with Crippen LogP contribution in [0.15, 0.2) is 53.9 Å². The van der Waals surface area contributed by atoms with Crippen molar-refractivity contribution in [1.82, 2.24) is 0 Å². The predicted octanol–water partition coefficient (Wildman–Crippen LogP) is 4.45. The highest BCUT2D eigenvalue weighted by Crippen LogP contribution is 2.31. The lowest BCUT2D eigenvalue weighted by Crippen LogP contribution is -2.13. The number of fused-ring (bicyclic) bond motifs is 1. The molecule has 0 aliphatic rings. The summed E-state index contributed by atoms with van der Waals surface area (Å²) in [5.74, 6) is 0. The lowest BCUT2D eigenvalue weighted by atomic mass is 9.96. The molecular weight excluding hydrogens is 250 g/mol. The van der Waals surface area contributed by atoms with Crippen LogP contribution in [0.1, 0.15) is 22.7 Å². The lowest BCUT2D eigenvalue weighted by molar-refractivity contribution is 0.727. The van der Waals surface area contributed by atoms with E-state index in [2.05, 4.69) is 60.8 Å². The third-order valence-corrected chi connectivity index (χ3v) is 4.59. The minimum atomic E-state index is 0.0669. The zero-order chi connectivity index (χ0) is 13.2. The summed E-state index contributed by atoms with van der Waals surface area (Å²) in [5, 5.41) is 3.50. The SMILES string of the molecule is Cc1ccccc1CC(N)c1csc2ccccc12. The number of nitrogens with two attached hydrogens (primary N) is 1. The molecule has 1 heterocycles. The smallest absolute Gasteiger partial charge is 0.0350 e. The number of thiophene rings is 1. The third kappa shape index (κ3) is 2.42. The average Bonchev–Trinajstić information content (AvgIpc) is 2.85. The van der Waals surface area contributed by atoms with Gasteiger partial charge >= 0.3 is 0 Å². The van der Waals surface area contributed by atoms with Crippen LogP contribution < -0.4 is 5.73 Å². The second-order valence-corrected chi connectivity index (χ2v) is 5.84. The van der Waals surface area contributed by atoms with Crippen LogP contribution in [0.25, 0.3) is 10.1 Å². The number of hydrogen-bond acceptors (Lipinski definition) is 2. The Bertz CT molecular complexity index is 699. The van der Waals surface area contributed by atoms with E-state index < -0.39 is 0 Å². The molecule has 0 bridgehead atoms. The summed E-state index contributed by atoms with van der Waals surface area (Å²) in [5.41, 5.74) is 10.3. The summed E-state index contributed by atoms with van der Waals surface area (Å²) in [6.07, 6.45) is 0.896. The van der Waals surface area contributed by atoms with E-state index in [1.54, 1.807) is 11.3 Å². The molecule has 1 aromatic heterocycles. The maximum Gasteiger partial charge on any atom is 0.0350 e. The molecule has 1 atom stereocenters. The van der Waals surface area contributed by atoms with Crippen LogP contribution in [0.5, 0.6) is 0 Å². The molecule has 19 heavy (non-hydrogen) atoms. The van der Waals surface area contributed by atoms with E-state index in [4.69, 9.17) is 5.73 Å². The van der Waals surface area contributed by atoms with Gasteiger partial charge in [0.25, 0.3) is 0 Å². The Labute approximate surface area is 117 Å². The fourth-order valence-electron chi connectivity index (χ4n) is 2.47. The summed E-state index contributed by atoms with van der Waals surface area (Å²) in [7, 11) is 0. The van der Waals surface area contributed by atoms with Crippen LogP contribution in [-0.4, -0.2) is 0 Å². The quantitative estimate of drug-likeness (QED) is 0.745. The zero-order valence-electron chi connectivity index (χ0n) is 11.0. The van der Waals surface area contributed by atoms with Crippen LogP contribution in [0.4, 0.5) is 0 Å². The Kier molecular flexibility index (Phi) is 3.36. The van der Waals surface area contributed by atoms with Gasteiger partial charge in [0.05, 0.1) is 0 Å². The monoisotopic (exact) mass is 267 g/mol. The molecule has 0 amide bonds. The van der Waals surface area contributed by atoms with Gasteiger partial charge in [0, 0.05) is 10.7 Å². The molecule has 1 nitrogen and oxygen atoms in total. The van der Waals surface area contributed by atoms with E-state index in [1.807, 2.05) is 0 Å². The third-order valence-electron chi connectivity index (χ3n) is 3.61. The summed E-state index contributed by atoms with van der Waals surface area (Å²) in [4.78, 5) is 0. The van der Waals surface area contributed by atoms with Crippen LogP contribution in [0.3, 0.4) is 0 Å². The van der Waals surface area contributed by atoms with E-state index >= 15 is 0 Å². The highest BCUT2D eigenvalue weighted by atomic mass is 32.1. The lowest BCUT2D eigenvalue weighted by Gasteiger charge is -2.13. The number of hydrogen-bond donors (Lipinski definition) is 1. The second kappa shape index (κ2) is 5.16. The highest BCUT2D eigenvalue weighted by Gasteiger charge is 2.13. The fourth-order valence-corrected chi connectivity index (χ4v) is 3.50. The molecule has 1 unspecified atom stereocenters. The average molecular weight is 267 g/mol. The predicted molar refractivity (Wildman–Crippen MR) is 83.6 cm³/mol. The Morgan fingerprint density at radius 1 is 1.05 bits per heavy atom. The van der Waals surface area contributed by atoms with E-state index in [9.17, 15) is 0 Å². The van der Waals surface area contributed by atoms with Crippen molar-refractivity contribution in [3.05, 3.63) is 70.6 Å². The van der Waals surface area contributed by atoms with Gasteiger partial charge in [0.15, 0.2) is 0 Å². The fraction of sp³-hybridized carbons (Fsp3) is 0.176. The molecule has 96 valence electrons. The van der Waals surface area contributed by atoms with Crippen molar-refractivity contribution in [2.75, 3.05) is 0 Å². The summed E-state index contributed by atoms with van der Waals surface area (Å²) in [6, 6.07) is 17.0. The number of benzene rings is 2. The summed E-state index contributed by atoms with van der Waals surface area (Å²) < 4.78 is 1.32. The molecule has 0 aliphatic heterocycles. The van der Waals surface area contributed by atoms with Crippen LogP contribution in [-0.2, 0) is 6.42 Å². The van der Waals surface area contributed by atoms with E-state index in [-0.39, 0.29) is 6.04 Å². The van der Waals surface area contributed by atoms with Gasteiger partial charge in [0.2, 0.25) is 0 Å². The largest absolute Gasteiger partial charge is 0.324 e. The molecule has 2 aromatic carbocycles. The van der Waals surface area contributed by atoms with Gasteiger partial charge in [-0.15, -0.1) is 11.3 Å². The maximum absolute atomic E-state index is 6.41. The Morgan fingerprint density at radius 3 is 2.63 bits per heavy atom. The minimum Gasteiger partial charge on any atom is -0.324 e. The Hall–Kier alpha value is -1.64. The van der Waals surface area contributed by atoms with Crippen LogP contribution >= 0.6 is 11.3 Å². The first-order chi connectivity index (χ1) is 9.25. The first-order valence-corrected chi connectivity index (χ1v) is 7.40. The first kappa shape index (κ1) is 12.4. The van der Waals surface area contributed by atoms with E-state index in [1.165, 1.54) is 26.8 Å². The summed E-state index contributed by atoms with van der Waals surface area (Å²) >= 11 is 1.78. The minimum absolute atomic E-state index is 0.0669. The Balaban J connectivity index is 1.92. The standard InChI is InChI=1S/C17H17NS/c1-12-6-2-3-7-13(12)10-16(18)15-11-19-17-9-5-4-8-14(15)17/h2-9,11,16H,10,18H2,1H3. The van der Waals surface area contributed by atoms with Crippen molar-refractivity contribution >= 4 is 21.4 Å². The van der Waals surface area contributed by atoms with Gasteiger partial charge in [-0.1, -0.05) is 42.5 Å². The number of aryl methyl sites for hydroxylation is 1. The van der Waals surface area contributed by atoms with Crippen LogP contribution in [0, 0.1) is 6.92 Å². The molecule has 0 spiro atoms. The van der Waals surface area contributed by atoms with E-state index in [0.717, 1.165) is 6.42 Å². The molecular formula is C17H17NS. The zero-order valence-corrected chi connectivity index (χ0v) is 11.8. The van der Waals surface area contributed by atoms with Crippen molar-refractivity contribution in [1.29, 1.82) is 0 Å². The van der Waals surface area contributed by atoms with Gasteiger partial charge in [-0.25, -0.2) is 0 Å². The van der Waals surface area contributed by atoms with Crippen molar-refractivity contribution < 1.29 is 0 Å². The normalized spacial score (nSPS) is 12.7. The van der Waals surface area contributed by atoms with Crippen molar-refractivity contribution in [3.63, 3.8) is 0 Å². The Morgan fingerprint density at radius 2 is 1.79 bits per heavy atom. The topological polar surface area (TPSA) is 26.0 Å².